The SMILES string of the molecule is O=C(O)CCCNC(=O)N1CCC(Cc2cccc(F)c2F)CC1. The highest BCUT2D eigenvalue weighted by molar-refractivity contribution is 5.74. The molecular formula is C17H22F2N2O3. The molecule has 1 saturated heterocycles. The molecule has 2 N–H and O–H groups in total. The van der Waals surface area contributed by atoms with Crippen LogP contribution in [0.3, 0.4) is 0 Å². The molecule has 24 heavy (non-hydrogen) atoms. The van der Waals surface area contributed by atoms with Crippen LogP contribution < -0.4 is 5.32 Å². The summed E-state index contributed by atoms with van der Waals surface area (Å²) in [5, 5.41) is 11.2. The molecule has 2 amide bonds. The lowest BCUT2D eigenvalue weighted by Gasteiger charge is -2.32. The Morgan fingerprint density at radius 1 is 1.25 bits per heavy atom. The van der Waals surface area contributed by atoms with E-state index < -0.39 is 17.6 Å². The Balaban J connectivity index is 1.74. The number of carbonyl (C=O) groups is 2. The molecule has 0 aliphatic carbocycles. The zero-order chi connectivity index (χ0) is 17.5. The van der Waals surface area contributed by atoms with Crippen LogP contribution in [0, 0.1) is 17.6 Å². The van der Waals surface area contributed by atoms with Crippen molar-refractivity contribution in [1.29, 1.82) is 0 Å². The van der Waals surface area contributed by atoms with Gasteiger partial charge in [0.2, 0.25) is 0 Å². The van der Waals surface area contributed by atoms with E-state index in [2.05, 4.69) is 5.32 Å². The summed E-state index contributed by atoms with van der Waals surface area (Å²) in [6.07, 6.45) is 2.37. The normalized spacial score (nSPS) is 15.3. The molecule has 7 heteroatoms. The van der Waals surface area contributed by atoms with E-state index >= 15 is 0 Å². The number of urea groups is 1. The van der Waals surface area contributed by atoms with Crippen molar-refractivity contribution in [2.75, 3.05) is 19.6 Å². The molecule has 1 aromatic carbocycles. The fraction of sp³-hybridized carbons (Fsp3) is 0.529. The molecule has 0 unspecified atom stereocenters. The number of nitrogens with one attached hydrogen (secondary N) is 1. The monoisotopic (exact) mass is 340 g/mol. The fourth-order valence-corrected chi connectivity index (χ4v) is 2.90. The lowest BCUT2D eigenvalue weighted by Crippen LogP contribution is -2.45. The van der Waals surface area contributed by atoms with Crippen molar-refractivity contribution in [1.82, 2.24) is 10.2 Å². The molecule has 1 aromatic rings. The maximum Gasteiger partial charge on any atom is 0.317 e. The minimum atomic E-state index is -0.880. The van der Waals surface area contributed by atoms with Gasteiger partial charge in [-0.1, -0.05) is 12.1 Å². The first-order valence-electron chi connectivity index (χ1n) is 8.15. The number of aliphatic carboxylic acids is 1. The van der Waals surface area contributed by atoms with E-state index in [1.165, 1.54) is 6.07 Å². The molecule has 0 radical (unpaired) electrons. The fourth-order valence-electron chi connectivity index (χ4n) is 2.90. The smallest absolute Gasteiger partial charge is 0.317 e. The highest BCUT2D eigenvalue weighted by atomic mass is 19.2. The van der Waals surface area contributed by atoms with Crippen LogP contribution in [0.15, 0.2) is 18.2 Å². The number of hydrogen-bond donors (Lipinski definition) is 2. The van der Waals surface area contributed by atoms with Gasteiger partial charge in [-0.05, 0) is 43.2 Å². The van der Waals surface area contributed by atoms with Crippen molar-refractivity contribution in [2.45, 2.75) is 32.1 Å². The Kier molecular flexibility index (Phi) is 6.52. The largest absolute Gasteiger partial charge is 0.481 e. The van der Waals surface area contributed by atoms with E-state index in [0.29, 0.717) is 38.0 Å². The van der Waals surface area contributed by atoms with E-state index in [9.17, 15) is 18.4 Å². The van der Waals surface area contributed by atoms with Crippen molar-refractivity contribution in [3.05, 3.63) is 35.4 Å². The number of carbonyl (C=O) groups excluding carboxylic acids is 1. The highest BCUT2D eigenvalue weighted by Crippen LogP contribution is 2.23. The number of carboxylic acid groups (broad SMARTS) is 1. The van der Waals surface area contributed by atoms with Gasteiger partial charge in [0.05, 0.1) is 0 Å². The molecule has 1 fully saturated rings. The van der Waals surface area contributed by atoms with Crippen LogP contribution in [0.25, 0.3) is 0 Å². The second kappa shape index (κ2) is 8.61. The number of hydrogen-bond acceptors (Lipinski definition) is 2. The van der Waals surface area contributed by atoms with Crippen molar-refractivity contribution in [3.8, 4) is 0 Å². The molecular weight excluding hydrogens is 318 g/mol. The topological polar surface area (TPSA) is 69.6 Å². The molecule has 0 saturated carbocycles. The molecule has 0 aromatic heterocycles. The summed E-state index contributed by atoms with van der Waals surface area (Å²) in [6.45, 7) is 1.46. The minimum Gasteiger partial charge on any atom is -0.481 e. The number of benzene rings is 1. The van der Waals surface area contributed by atoms with Gasteiger partial charge in [-0.3, -0.25) is 4.79 Å². The van der Waals surface area contributed by atoms with E-state index in [1.807, 2.05) is 0 Å². The third-order valence-electron chi connectivity index (χ3n) is 4.29. The number of piperidine rings is 1. The van der Waals surface area contributed by atoms with Crippen molar-refractivity contribution >= 4 is 12.0 Å². The number of nitrogens with zero attached hydrogens (tertiary/aromatic N) is 1. The average Bonchev–Trinajstić information content (AvgIpc) is 2.56. The van der Waals surface area contributed by atoms with Gasteiger partial charge in [0, 0.05) is 26.1 Å². The van der Waals surface area contributed by atoms with Crippen LogP contribution in [-0.4, -0.2) is 41.6 Å². The highest BCUT2D eigenvalue weighted by Gasteiger charge is 2.23. The summed E-state index contributed by atoms with van der Waals surface area (Å²) in [5.74, 6) is -2.27. The quantitative estimate of drug-likeness (QED) is 0.783. The van der Waals surface area contributed by atoms with Crippen LogP contribution in [0.5, 0.6) is 0 Å². The van der Waals surface area contributed by atoms with Gasteiger partial charge < -0.3 is 15.3 Å². The van der Waals surface area contributed by atoms with E-state index in [0.717, 1.165) is 18.9 Å². The maximum atomic E-state index is 13.7. The molecule has 132 valence electrons. The summed E-state index contributed by atoms with van der Waals surface area (Å²) in [5.41, 5.74) is 0.381. The average molecular weight is 340 g/mol. The Morgan fingerprint density at radius 2 is 1.96 bits per heavy atom. The minimum absolute atomic E-state index is 0.0293. The van der Waals surface area contributed by atoms with Crippen LogP contribution in [-0.2, 0) is 11.2 Å². The lowest BCUT2D eigenvalue weighted by atomic mass is 9.90. The van der Waals surface area contributed by atoms with Gasteiger partial charge in [0.15, 0.2) is 11.6 Å². The van der Waals surface area contributed by atoms with Crippen molar-refractivity contribution in [3.63, 3.8) is 0 Å². The molecule has 1 heterocycles. The Bertz CT molecular complexity index is 587. The first-order valence-corrected chi connectivity index (χ1v) is 8.15. The third-order valence-corrected chi connectivity index (χ3v) is 4.29. The summed E-state index contributed by atoms with van der Waals surface area (Å²) in [4.78, 5) is 24.0. The summed E-state index contributed by atoms with van der Waals surface area (Å²) >= 11 is 0. The third kappa shape index (κ3) is 5.18. The number of halogens is 2. The van der Waals surface area contributed by atoms with Gasteiger partial charge in [-0.2, -0.15) is 0 Å². The standard InChI is InChI=1S/C17H22F2N2O3/c18-14-4-1-3-13(16(14)19)11-12-6-9-21(10-7-12)17(24)20-8-2-5-15(22)23/h1,3-4,12H,2,5-11H2,(H,20,24)(H,22,23). The second-order valence-corrected chi connectivity index (χ2v) is 6.08. The number of carboxylic acids is 1. The Labute approximate surface area is 139 Å². The zero-order valence-electron chi connectivity index (χ0n) is 13.4. The van der Waals surface area contributed by atoms with Crippen LogP contribution in [0.4, 0.5) is 13.6 Å². The summed E-state index contributed by atoms with van der Waals surface area (Å²) in [6, 6.07) is 4.01. The predicted octanol–water partition coefficient (Wildman–Crippen LogP) is 2.79. The summed E-state index contributed by atoms with van der Waals surface area (Å²) in [7, 11) is 0. The van der Waals surface area contributed by atoms with Gasteiger partial charge in [0.1, 0.15) is 0 Å². The first-order chi connectivity index (χ1) is 11.5. The zero-order valence-corrected chi connectivity index (χ0v) is 13.4. The van der Waals surface area contributed by atoms with Crippen molar-refractivity contribution < 1.29 is 23.5 Å². The van der Waals surface area contributed by atoms with Gasteiger partial charge in [-0.15, -0.1) is 0 Å². The maximum absolute atomic E-state index is 13.7. The van der Waals surface area contributed by atoms with E-state index in [1.54, 1.807) is 11.0 Å². The molecule has 2 rings (SSSR count). The van der Waals surface area contributed by atoms with Crippen LogP contribution in [0.1, 0.15) is 31.2 Å². The van der Waals surface area contributed by atoms with Crippen LogP contribution in [0.2, 0.25) is 0 Å². The molecule has 0 bridgehead atoms. The summed E-state index contributed by atoms with van der Waals surface area (Å²) < 4.78 is 26.9. The molecule has 1 aliphatic rings. The Hall–Kier alpha value is -2.18. The molecule has 1 aliphatic heterocycles. The van der Waals surface area contributed by atoms with Gasteiger partial charge in [-0.25, -0.2) is 13.6 Å². The van der Waals surface area contributed by atoms with E-state index in [-0.39, 0.29) is 18.4 Å². The van der Waals surface area contributed by atoms with Crippen LogP contribution >= 0.6 is 0 Å². The van der Waals surface area contributed by atoms with Crippen molar-refractivity contribution in [2.24, 2.45) is 5.92 Å². The first kappa shape index (κ1) is 18.2. The van der Waals surface area contributed by atoms with Gasteiger partial charge >= 0.3 is 12.0 Å². The predicted molar refractivity (Wildman–Crippen MR) is 84.6 cm³/mol. The molecule has 0 spiro atoms. The Morgan fingerprint density at radius 3 is 2.62 bits per heavy atom. The number of rotatable bonds is 6. The molecule has 0 atom stereocenters. The number of amides is 2. The second-order valence-electron chi connectivity index (χ2n) is 6.08. The number of likely N-dealkylation sites (tertiary alicyclic amines) is 1. The van der Waals surface area contributed by atoms with Gasteiger partial charge in [0.25, 0.3) is 0 Å². The molecule has 5 nitrogen and oxygen atoms in total. The lowest BCUT2D eigenvalue weighted by molar-refractivity contribution is -0.137. The van der Waals surface area contributed by atoms with E-state index in [4.69, 9.17) is 5.11 Å².